The third-order valence-corrected chi connectivity index (χ3v) is 4.29. The van der Waals surface area contributed by atoms with E-state index in [1.807, 2.05) is 0 Å². The first-order valence-corrected chi connectivity index (χ1v) is 6.90. The van der Waals surface area contributed by atoms with Gasteiger partial charge in [-0.05, 0) is 55.4 Å². The van der Waals surface area contributed by atoms with Crippen LogP contribution in [-0.2, 0) is 11.2 Å². The lowest BCUT2D eigenvalue weighted by Crippen LogP contribution is -2.40. The first kappa shape index (κ1) is 11.7. The molecule has 0 aromatic heterocycles. The highest BCUT2D eigenvalue weighted by molar-refractivity contribution is 5.67. The summed E-state index contributed by atoms with van der Waals surface area (Å²) in [5.41, 5.74) is 9.91. The molecule has 1 aliphatic carbocycles. The van der Waals surface area contributed by atoms with Gasteiger partial charge in [0.15, 0.2) is 0 Å². The molecule has 2 atom stereocenters. The van der Waals surface area contributed by atoms with Crippen LogP contribution in [0.4, 0.5) is 5.69 Å². The van der Waals surface area contributed by atoms with Gasteiger partial charge in [-0.1, -0.05) is 6.07 Å². The third kappa shape index (κ3) is 1.93. The number of benzene rings is 1. The van der Waals surface area contributed by atoms with Crippen LogP contribution in [0.15, 0.2) is 18.2 Å². The number of nitrogens with two attached hydrogens (primary N) is 1. The van der Waals surface area contributed by atoms with Crippen molar-refractivity contribution in [1.82, 2.24) is 0 Å². The van der Waals surface area contributed by atoms with Gasteiger partial charge >= 0.3 is 0 Å². The highest BCUT2D eigenvalue weighted by Crippen LogP contribution is 2.33. The number of hydrogen-bond acceptors (Lipinski definition) is 3. The number of anilines is 1. The lowest BCUT2D eigenvalue weighted by Gasteiger charge is -2.34. The van der Waals surface area contributed by atoms with E-state index in [4.69, 9.17) is 5.73 Å². The van der Waals surface area contributed by atoms with Crippen molar-refractivity contribution in [2.75, 3.05) is 11.4 Å². The summed E-state index contributed by atoms with van der Waals surface area (Å²) >= 11 is 0. The molecule has 1 heterocycles. The monoisotopic (exact) mass is 244 g/mol. The summed E-state index contributed by atoms with van der Waals surface area (Å²) in [5, 5.41) is 0. The highest BCUT2D eigenvalue weighted by Gasteiger charge is 2.24. The summed E-state index contributed by atoms with van der Waals surface area (Å²) in [5.74, 6) is 0. The number of nitrogens with zero attached hydrogens (tertiary/aromatic N) is 1. The molecule has 1 aliphatic heterocycles. The minimum absolute atomic E-state index is 0.0619. The van der Waals surface area contributed by atoms with E-state index >= 15 is 0 Å². The Morgan fingerprint density at radius 2 is 2.17 bits per heavy atom. The van der Waals surface area contributed by atoms with E-state index in [0.717, 1.165) is 38.5 Å². The maximum Gasteiger partial charge on any atom is 0.142 e. The number of aldehydes is 1. The van der Waals surface area contributed by atoms with E-state index in [9.17, 15) is 4.79 Å². The zero-order valence-electron chi connectivity index (χ0n) is 10.6. The van der Waals surface area contributed by atoms with Crippen LogP contribution in [0, 0.1) is 0 Å². The molecule has 0 radical (unpaired) electrons. The molecule has 1 fully saturated rings. The zero-order chi connectivity index (χ0) is 12.5. The third-order valence-electron chi connectivity index (χ3n) is 4.29. The van der Waals surface area contributed by atoms with Gasteiger partial charge in [0.25, 0.3) is 0 Å². The number of fused-ring (bicyclic) bond motifs is 1. The Morgan fingerprint density at radius 1 is 1.28 bits per heavy atom. The molecule has 1 saturated heterocycles. The van der Waals surface area contributed by atoms with Crippen LogP contribution < -0.4 is 10.6 Å². The fraction of sp³-hybridized carbons (Fsp3) is 0.533. The first-order chi connectivity index (χ1) is 8.79. The number of aryl methyl sites for hydroxylation is 1. The lowest BCUT2D eigenvalue weighted by molar-refractivity contribution is -0.109. The smallest absolute Gasteiger partial charge is 0.142 e. The van der Waals surface area contributed by atoms with Crippen LogP contribution in [-0.4, -0.2) is 18.9 Å². The second kappa shape index (κ2) is 4.73. The Kier molecular flexibility index (Phi) is 3.08. The number of hydrogen-bond donors (Lipinski definition) is 1. The summed E-state index contributed by atoms with van der Waals surface area (Å²) in [6, 6.07) is 6.79. The molecule has 3 rings (SSSR count). The van der Waals surface area contributed by atoms with Crippen LogP contribution >= 0.6 is 0 Å². The molecule has 3 nitrogen and oxygen atoms in total. The average molecular weight is 244 g/mol. The van der Waals surface area contributed by atoms with Gasteiger partial charge in [-0.15, -0.1) is 0 Å². The standard InChI is InChI=1S/C15H20N2O/c16-15-7-4-11-9-12(5-6-14(11)15)17-8-2-1-3-13(17)10-18/h5-6,9-10,13,15H,1-4,7-8,16H2. The van der Waals surface area contributed by atoms with Crippen molar-refractivity contribution in [2.24, 2.45) is 5.73 Å². The lowest BCUT2D eigenvalue weighted by atomic mass is 10.0. The van der Waals surface area contributed by atoms with E-state index in [-0.39, 0.29) is 12.1 Å². The van der Waals surface area contributed by atoms with E-state index in [2.05, 4.69) is 23.1 Å². The van der Waals surface area contributed by atoms with Crippen LogP contribution in [0.2, 0.25) is 0 Å². The quantitative estimate of drug-likeness (QED) is 0.811. The van der Waals surface area contributed by atoms with Crippen molar-refractivity contribution < 1.29 is 4.79 Å². The van der Waals surface area contributed by atoms with Gasteiger partial charge in [-0.25, -0.2) is 0 Å². The van der Waals surface area contributed by atoms with Gasteiger partial charge in [0.1, 0.15) is 6.29 Å². The van der Waals surface area contributed by atoms with E-state index in [1.54, 1.807) is 0 Å². The maximum absolute atomic E-state index is 11.2. The van der Waals surface area contributed by atoms with Gasteiger partial charge in [-0.3, -0.25) is 0 Å². The Labute approximate surface area is 108 Å². The molecule has 2 N–H and O–H groups in total. The summed E-state index contributed by atoms with van der Waals surface area (Å²) in [6.07, 6.45) is 6.55. The fourth-order valence-corrected chi connectivity index (χ4v) is 3.23. The molecule has 1 aromatic carbocycles. The Bertz CT molecular complexity index is 458. The minimum Gasteiger partial charge on any atom is -0.362 e. The van der Waals surface area contributed by atoms with E-state index in [0.29, 0.717) is 0 Å². The van der Waals surface area contributed by atoms with Gasteiger partial charge < -0.3 is 15.4 Å². The normalized spacial score (nSPS) is 27.1. The largest absolute Gasteiger partial charge is 0.362 e. The second-order valence-electron chi connectivity index (χ2n) is 5.42. The molecular formula is C15H20N2O. The minimum atomic E-state index is 0.0619. The molecule has 2 unspecified atom stereocenters. The number of carbonyl (C=O) groups is 1. The van der Waals surface area contributed by atoms with Crippen molar-refractivity contribution >= 4 is 12.0 Å². The summed E-state index contributed by atoms with van der Waals surface area (Å²) in [7, 11) is 0. The fourth-order valence-electron chi connectivity index (χ4n) is 3.23. The van der Waals surface area contributed by atoms with Crippen molar-refractivity contribution in [1.29, 1.82) is 0 Å². The molecule has 0 spiro atoms. The second-order valence-corrected chi connectivity index (χ2v) is 5.42. The first-order valence-electron chi connectivity index (χ1n) is 6.90. The maximum atomic E-state index is 11.2. The predicted molar refractivity (Wildman–Crippen MR) is 72.7 cm³/mol. The summed E-state index contributed by atoms with van der Waals surface area (Å²) < 4.78 is 0. The Balaban J connectivity index is 1.90. The number of carbonyl (C=O) groups excluding carboxylic acids is 1. The number of rotatable bonds is 2. The van der Waals surface area contributed by atoms with Crippen molar-refractivity contribution in [2.45, 2.75) is 44.2 Å². The van der Waals surface area contributed by atoms with Gasteiger partial charge in [0, 0.05) is 18.3 Å². The van der Waals surface area contributed by atoms with Crippen LogP contribution in [0.1, 0.15) is 42.9 Å². The average Bonchev–Trinajstić information content (AvgIpc) is 2.80. The highest BCUT2D eigenvalue weighted by atomic mass is 16.1. The van der Waals surface area contributed by atoms with Gasteiger partial charge in [-0.2, -0.15) is 0 Å². The SMILES string of the molecule is NC1CCc2cc(N3CCCCC3C=O)ccc21. The molecule has 0 bridgehead atoms. The van der Waals surface area contributed by atoms with Gasteiger partial charge in [0.2, 0.25) is 0 Å². The van der Waals surface area contributed by atoms with E-state index < -0.39 is 0 Å². The van der Waals surface area contributed by atoms with Crippen molar-refractivity contribution in [3.63, 3.8) is 0 Å². The molecule has 18 heavy (non-hydrogen) atoms. The predicted octanol–water partition coefficient (Wildman–Crippen LogP) is 2.19. The molecular weight excluding hydrogens is 224 g/mol. The molecule has 96 valence electrons. The topological polar surface area (TPSA) is 46.3 Å². The summed E-state index contributed by atoms with van der Waals surface area (Å²) in [4.78, 5) is 13.4. The zero-order valence-corrected chi connectivity index (χ0v) is 10.6. The Morgan fingerprint density at radius 3 is 3.00 bits per heavy atom. The molecule has 1 aromatic rings. The van der Waals surface area contributed by atoms with Crippen LogP contribution in [0.5, 0.6) is 0 Å². The van der Waals surface area contributed by atoms with E-state index in [1.165, 1.54) is 23.2 Å². The molecule has 0 saturated carbocycles. The van der Waals surface area contributed by atoms with Crippen molar-refractivity contribution in [3.05, 3.63) is 29.3 Å². The molecule has 2 aliphatic rings. The summed E-state index contributed by atoms with van der Waals surface area (Å²) in [6.45, 7) is 0.994. The Hall–Kier alpha value is -1.35. The van der Waals surface area contributed by atoms with Gasteiger partial charge in [0.05, 0.1) is 6.04 Å². The molecule has 0 amide bonds. The van der Waals surface area contributed by atoms with Crippen LogP contribution in [0.25, 0.3) is 0 Å². The molecule has 3 heteroatoms. The van der Waals surface area contributed by atoms with Crippen LogP contribution in [0.3, 0.4) is 0 Å². The van der Waals surface area contributed by atoms with Crippen molar-refractivity contribution in [3.8, 4) is 0 Å². The number of piperidine rings is 1.